The standard InChI is InChI=1S/C16H17NO4S2/c1-21-12-7-5-11(6-8-12)10-13-15(20)17(16(22)23-13)9-3-2-4-14(18)19/h5-8,10H,2-4,9H2,1H3,(H,18,19)/b13-10-. The molecule has 1 aliphatic rings. The van der Waals surface area contributed by atoms with Crippen LogP contribution < -0.4 is 4.74 Å². The maximum Gasteiger partial charge on any atom is 0.303 e. The number of amides is 1. The van der Waals surface area contributed by atoms with Gasteiger partial charge in [-0.2, -0.15) is 0 Å². The molecule has 0 bridgehead atoms. The Balaban J connectivity index is 1.99. The summed E-state index contributed by atoms with van der Waals surface area (Å²) < 4.78 is 5.62. The molecule has 0 aromatic heterocycles. The van der Waals surface area contributed by atoms with Crippen molar-refractivity contribution < 1.29 is 19.4 Å². The SMILES string of the molecule is COc1ccc(/C=C2\SC(=S)N(CCCCC(=O)O)C2=O)cc1. The first-order valence-corrected chi connectivity index (χ1v) is 8.35. The van der Waals surface area contributed by atoms with Gasteiger partial charge in [0.1, 0.15) is 10.1 Å². The van der Waals surface area contributed by atoms with E-state index in [-0.39, 0.29) is 12.3 Å². The molecular weight excluding hydrogens is 334 g/mol. The van der Waals surface area contributed by atoms with E-state index in [4.69, 9.17) is 22.1 Å². The first-order valence-electron chi connectivity index (χ1n) is 7.12. The Hall–Kier alpha value is -1.86. The average molecular weight is 351 g/mol. The molecular formula is C16H17NO4S2. The minimum absolute atomic E-state index is 0.108. The van der Waals surface area contributed by atoms with Crippen LogP contribution in [0.25, 0.3) is 6.08 Å². The highest BCUT2D eigenvalue weighted by molar-refractivity contribution is 8.26. The number of thiocarbonyl (C=S) groups is 1. The first-order chi connectivity index (χ1) is 11.0. The highest BCUT2D eigenvalue weighted by Gasteiger charge is 2.31. The number of nitrogens with zero attached hydrogens (tertiary/aromatic N) is 1. The lowest BCUT2D eigenvalue weighted by atomic mass is 10.2. The third kappa shape index (κ3) is 4.80. The summed E-state index contributed by atoms with van der Waals surface area (Å²) in [6, 6.07) is 7.41. The number of hydrogen-bond donors (Lipinski definition) is 1. The van der Waals surface area contributed by atoms with Crippen molar-refractivity contribution in [1.29, 1.82) is 0 Å². The number of carboxylic acid groups (broad SMARTS) is 1. The lowest BCUT2D eigenvalue weighted by Gasteiger charge is -2.13. The van der Waals surface area contributed by atoms with Gasteiger partial charge in [-0.05, 0) is 36.6 Å². The van der Waals surface area contributed by atoms with Crippen LogP contribution in [0.2, 0.25) is 0 Å². The maximum absolute atomic E-state index is 12.4. The van der Waals surface area contributed by atoms with Crippen LogP contribution >= 0.6 is 24.0 Å². The first kappa shape index (κ1) is 17.5. The van der Waals surface area contributed by atoms with Gasteiger partial charge in [0, 0.05) is 13.0 Å². The van der Waals surface area contributed by atoms with Crippen LogP contribution in [0.15, 0.2) is 29.2 Å². The van der Waals surface area contributed by atoms with Gasteiger partial charge in [0.25, 0.3) is 5.91 Å². The van der Waals surface area contributed by atoms with Crippen LogP contribution in [-0.2, 0) is 9.59 Å². The zero-order valence-corrected chi connectivity index (χ0v) is 14.3. The molecule has 23 heavy (non-hydrogen) atoms. The van der Waals surface area contributed by atoms with E-state index in [2.05, 4.69) is 0 Å². The minimum Gasteiger partial charge on any atom is -0.497 e. The van der Waals surface area contributed by atoms with Crippen LogP contribution in [0.1, 0.15) is 24.8 Å². The monoisotopic (exact) mass is 351 g/mol. The van der Waals surface area contributed by atoms with E-state index in [0.717, 1.165) is 11.3 Å². The zero-order valence-electron chi connectivity index (χ0n) is 12.7. The van der Waals surface area contributed by atoms with Gasteiger partial charge in [-0.3, -0.25) is 14.5 Å². The second-order valence-corrected chi connectivity index (χ2v) is 6.63. The topological polar surface area (TPSA) is 66.8 Å². The Morgan fingerprint density at radius 1 is 1.35 bits per heavy atom. The smallest absolute Gasteiger partial charge is 0.303 e. The Kier molecular flexibility index (Phi) is 6.18. The third-order valence-corrected chi connectivity index (χ3v) is 4.69. The van der Waals surface area contributed by atoms with Crippen molar-refractivity contribution in [3.63, 3.8) is 0 Å². The summed E-state index contributed by atoms with van der Waals surface area (Å²) in [5, 5.41) is 8.62. The number of unbranched alkanes of at least 4 members (excludes halogenated alkanes) is 1. The summed E-state index contributed by atoms with van der Waals surface area (Å²) in [5.41, 5.74) is 0.900. The Bertz CT molecular complexity index is 640. The Morgan fingerprint density at radius 3 is 2.65 bits per heavy atom. The molecule has 0 radical (unpaired) electrons. The van der Waals surface area contributed by atoms with Crippen molar-refractivity contribution in [2.45, 2.75) is 19.3 Å². The number of carbonyl (C=O) groups excluding carboxylic acids is 1. The van der Waals surface area contributed by atoms with Gasteiger partial charge in [0.15, 0.2) is 0 Å². The van der Waals surface area contributed by atoms with Crippen LogP contribution in [0.3, 0.4) is 0 Å². The summed E-state index contributed by atoms with van der Waals surface area (Å²) in [7, 11) is 1.60. The molecule has 1 N–H and O–H groups in total. The molecule has 1 aliphatic heterocycles. The fourth-order valence-electron chi connectivity index (χ4n) is 2.09. The molecule has 5 nitrogen and oxygen atoms in total. The molecule has 0 unspecified atom stereocenters. The second-order valence-electron chi connectivity index (χ2n) is 4.96. The molecule has 1 heterocycles. The van der Waals surface area contributed by atoms with E-state index in [1.165, 1.54) is 16.7 Å². The van der Waals surface area contributed by atoms with E-state index in [9.17, 15) is 9.59 Å². The number of hydrogen-bond acceptors (Lipinski definition) is 5. The minimum atomic E-state index is -0.824. The molecule has 0 aliphatic carbocycles. The number of benzene rings is 1. The predicted molar refractivity (Wildman–Crippen MR) is 94.4 cm³/mol. The Morgan fingerprint density at radius 2 is 2.04 bits per heavy atom. The van der Waals surface area contributed by atoms with Crippen molar-refractivity contribution in [1.82, 2.24) is 4.90 Å². The van der Waals surface area contributed by atoms with Gasteiger partial charge in [0.2, 0.25) is 0 Å². The van der Waals surface area contributed by atoms with Gasteiger partial charge >= 0.3 is 5.97 Å². The second kappa shape index (κ2) is 8.12. The molecule has 1 amide bonds. The molecule has 2 rings (SSSR count). The number of carbonyl (C=O) groups is 2. The molecule has 0 spiro atoms. The number of aliphatic carboxylic acids is 1. The molecule has 1 aromatic rings. The van der Waals surface area contributed by atoms with Crippen molar-refractivity contribution in [2.24, 2.45) is 0 Å². The number of thioether (sulfide) groups is 1. The van der Waals surface area contributed by atoms with Gasteiger partial charge in [-0.25, -0.2) is 0 Å². The van der Waals surface area contributed by atoms with Crippen molar-refractivity contribution in [2.75, 3.05) is 13.7 Å². The number of methoxy groups -OCH3 is 1. The highest BCUT2D eigenvalue weighted by Crippen LogP contribution is 2.32. The summed E-state index contributed by atoms with van der Waals surface area (Å²) >= 11 is 6.51. The van der Waals surface area contributed by atoms with Crippen LogP contribution in [-0.4, -0.2) is 39.9 Å². The summed E-state index contributed by atoms with van der Waals surface area (Å²) in [4.78, 5) is 25.0. The molecule has 0 saturated carbocycles. The quantitative estimate of drug-likeness (QED) is 0.462. The maximum atomic E-state index is 12.4. The van der Waals surface area contributed by atoms with Gasteiger partial charge in [-0.15, -0.1) is 0 Å². The Labute approximate surface area is 144 Å². The largest absolute Gasteiger partial charge is 0.497 e. The fraction of sp³-hybridized carbons (Fsp3) is 0.312. The highest BCUT2D eigenvalue weighted by atomic mass is 32.2. The van der Waals surface area contributed by atoms with E-state index >= 15 is 0 Å². The normalized spacial score (nSPS) is 16.2. The van der Waals surface area contributed by atoms with Gasteiger partial charge in [-0.1, -0.05) is 36.1 Å². The molecule has 0 atom stereocenters. The summed E-state index contributed by atoms with van der Waals surface area (Å²) in [6.45, 7) is 0.456. The lowest BCUT2D eigenvalue weighted by molar-refractivity contribution is -0.137. The molecule has 1 aromatic carbocycles. The number of rotatable bonds is 7. The predicted octanol–water partition coefficient (Wildman–Crippen LogP) is 3.15. The van der Waals surface area contributed by atoms with Crippen molar-refractivity contribution in [3.8, 4) is 5.75 Å². The molecule has 1 saturated heterocycles. The van der Waals surface area contributed by atoms with Crippen LogP contribution in [0.5, 0.6) is 5.75 Å². The average Bonchev–Trinajstić information content (AvgIpc) is 2.79. The van der Waals surface area contributed by atoms with E-state index < -0.39 is 5.97 Å². The third-order valence-electron chi connectivity index (χ3n) is 3.31. The summed E-state index contributed by atoms with van der Waals surface area (Å²) in [5.74, 6) is -0.186. The van der Waals surface area contributed by atoms with Crippen molar-refractivity contribution >= 4 is 46.3 Å². The van der Waals surface area contributed by atoms with E-state index in [0.29, 0.717) is 28.6 Å². The summed E-state index contributed by atoms with van der Waals surface area (Å²) in [6.07, 6.45) is 3.06. The molecule has 122 valence electrons. The number of ether oxygens (including phenoxy) is 1. The van der Waals surface area contributed by atoms with E-state index in [1.807, 2.05) is 24.3 Å². The zero-order chi connectivity index (χ0) is 16.8. The van der Waals surface area contributed by atoms with Gasteiger partial charge in [0.05, 0.1) is 12.0 Å². The lowest BCUT2D eigenvalue weighted by Crippen LogP contribution is -2.29. The van der Waals surface area contributed by atoms with E-state index in [1.54, 1.807) is 13.2 Å². The molecule has 7 heteroatoms. The fourth-order valence-corrected chi connectivity index (χ4v) is 3.40. The van der Waals surface area contributed by atoms with Crippen molar-refractivity contribution in [3.05, 3.63) is 34.7 Å². The number of carboxylic acids is 1. The van der Waals surface area contributed by atoms with Crippen LogP contribution in [0, 0.1) is 0 Å². The molecule has 1 fully saturated rings. The van der Waals surface area contributed by atoms with Gasteiger partial charge < -0.3 is 9.84 Å². The van der Waals surface area contributed by atoms with Crippen LogP contribution in [0.4, 0.5) is 0 Å².